The molecule has 17 heavy (non-hydrogen) atoms. The molecule has 0 saturated carbocycles. The standard InChI is InChI=1S/C11H9NO5/c1-2-17-11(15)6-3-4-7-8(5-6)10(14)12(16)9(7)13/h3-5,16H,2H2,1H3. The number of nitrogens with zero attached hydrogens (tertiary/aromatic N) is 1. The normalized spacial score (nSPS) is 13.9. The van der Waals surface area contributed by atoms with Crippen molar-refractivity contribution in [3.63, 3.8) is 0 Å². The van der Waals surface area contributed by atoms with Crippen molar-refractivity contribution in [3.05, 3.63) is 34.9 Å². The highest BCUT2D eigenvalue weighted by atomic mass is 16.5. The summed E-state index contributed by atoms with van der Waals surface area (Å²) in [4.78, 5) is 34.2. The van der Waals surface area contributed by atoms with Crippen LogP contribution in [-0.2, 0) is 4.74 Å². The van der Waals surface area contributed by atoms with Crippen LogP contribution < -0.4 is 0 Å². The van der Waals surface area contributed by atoms with Crippen LogP contribution in [-0.4, -0.2) is 34.7 Å². The lowest BCUT2D eigenvalue weighted by Crippen LogP contribution is -2.25. The first kappa shape index (κ1) is 11.3. The van der Waals surface area contributed by atoms with Gasteiger partial charge in [0.05, 0.1) is 23.3 Å². The van der Waals surface area contributed by atoms with E-state index < -0.39 is 17.8 Å². The predicted molar refractivity (Wildman–Crippen MR) is 54.7 cm³/mol. The van der Waals surface area contributed by atoms with Crippen molar-refractivity contribution in [1.82, 2.24) is 5.06 Å². The van der Waals surface area contributed by atoms with Crippen molar-refractivity contribution < 1.29 is 24.3 Å². The Morgan fingerprint density at radius 2 is 1.94 bits per heavy atom. The molecule has 0 radical (unpaired) electrons. The second-order valence-corrected chi connectivity index (χ2v) is 3.40. The first-order valence-corrected chi connectivity index (χ1v) is 4.95. The molecule has 0 unspecified atom stereocenters. The van der Waals surface area contributed by atoms with Gasteiger partial charge in [0.25, 0.3) is 11.8 Å². The first-order chi connectivity index (χ1) is 8.06. The fourth-order valence-electron chi connectivity index (χ4n) is 1.57. The average molecular weight is 235 g/mol. The van der Waals surface area contributed by atoms with E-state index >= 15 is 0 Å². The van der Waals surface area contributed by atoms with Crippen LogP contribution in [0.4, 0.5) is 0 Å². The average Bonchev–Trinajstić information content (AvgIpc) is 2.55. The van der Waals surface area contributed by atoms with Crippen LogP contribution in [0.25, 0.3) is 0 Å². The summed E-state index contributed by atoms with van der Waals surface area (Å²) < 4.78 is 4.77. The highest BCUT2D eigenvalue weighted by molar-refractivity contribution is 6.20. The minimum absolute atomic E-state index is 0.00283. The van der Waals surface area contributed by atoms with Gasteiger partial charge in [-0.05, 0) is 25.1 Å². The van der Waals surface area contributed by atoms with E-state index in [1.165, 1.54) is 18.2 Å². The number of hydrogen-bond donors (Lipinski definition) is 1. The molecule has 2 amide bonds. The van der Waals surface area contributed by atoms with Gasteiger partial charge in [-0.25, -0.2) is 4.79 Å². The van der Waals surface area contributed by atoms with Gasteiger partial charge in [0.1, 0.15) is 0 Å². The molecule has 1 aliphatic heterocycles. The topological polar surface area (TPSA) is 83.9 Å². The molecule has 0 spiro atoms. The number of carbonyl (C=O) groups excluding carboxylic acids is 3. The zero-order valence-corrected chi connectivity index (χ0v) is 8.97. The van der Waals surface area contributed by atoms with Crippen molar-refractivity contribution >= 4 is 17.8 Å². The molecule has 1 aromatic carbocycles. The van der Waals surface area contributed by atoms with Crippen molar-refractivity contribution in [2.45, 2.75) is 6.92 Å². The molecule has 0 aromatic heterocycles. The first-order valence-electron chi connectivity index (χ1n) is 4.95. The van der Waals surface area contributed by atoms with E-state index in [1.807, 2.05) is 0 Å². The molecule has 0 bridgehead atoms. The van der Waals surface area contributed by atoms with Crippen LogP contribution in [0.15, 0.2) is 18.2 Å². The largest absolute Gasteiger partial charge is 0.462 e. The molecule has 1 N–H and O–H groups in total. The summed E-state index contributed by atoms with van der Waals surface area (Å²) in [6.07, 6.45) is 0. The van der Waals surface area contributed by atoms with Gasteiger partial charge in [-0.15, -0.1) is 5.06 Å². The molecule has 6 heteroatoms. The van der Waals surface area contributed by atoms with Crippen LogP contribution >= 0.6 is 0 Å². The lowest BCUT2D eigenvalue weighted by Gasteiger charge is -2.02. The van der Waals surface area contributed by atoms with Crippen LogP contribution in [0, 0.1) is 0 Å². The molecular weight excluding hydrogens is 226 g/mol. The molecule has 88 valence electrons. The summed E-state index contributed by atoms with van der Waals surface area (Å²) in [7, 11) is 0. The maximum atomic E-state index is 11.4. The van der Waals surface area contributed by atoms with Crippen LogP contribution in [0.5, 0.6) is 0 Å². The van der Waals surface area contributed by atoms with E-state index in [2.05, 4.69) is 0 Å². The maximum Gasteiger partial charge on any atom is 0.338 e. The summed E-state index contributed by atoms with van der Waals surface area (Å²) in [6, 6.07) is 3.93. The van der Waals surface area contributed by atoms with Gasteiger partial charge in [-0.2, -0.15) is 0 Å². The molecular formula is C11H9NO5. The second-order valence-electron chi connectivity index (χ2n) is 3.40. The molecule has 0 atom stereocenters. The molecule has 1 aromatic rings. The third-order valence-corrected chi connectivity index (χ3v) is 2.38. The monoisotopic (exact) mass is 235 g/mol. The number of fused-ring (bicyclic) bond motifs is 1. The molecule has 1 aliphatic rings. The summed E-state index contributed by atoms with van der Waals surface area (Å²) in [5.41, 5.74) is 0.246. The van der Waals surface area contributed by atoms with E-state index in [4.69, 9.17) is 9.94 Å². The van der Waals surface area contributed by atoms with Gasteiger partial charge in [0.2, 0.25) is 0 Å². The fraction of sp³-hybridized carbons (Fsp3) is 0.182. The van der Waals surface area contributed by atoms with Crippen molar-refractivity contribution in [2.75, 3.05) is 6.61 Å². The van der Waals surface area contributed by atoms with E-state index in [1.54, 1.807) is 6.92 Å². The maximum absolute atomic E-state index is 11.4. The number of benzene rings is 1. The van der Waals surface area contributed by atoms with Gasteiger partial charge >= 0.3 is 5.97 Å². The van der Waals surface area contributed by atoms with Crippen LogP contribution in [0.1, 0.15) is 38.0 Å². The summed E-state index contributed by atoms with van der Waals surface area (Å²) >= 11 is 0. The quantitative estimate of drug-likeness (QED) is 0.466. The number of carbonyl (C=O) groups is 3. The Kier molecular flexibility index (Phi) is 2.64. The van der Waals surface area contributed by atoms with Crippen LogP contribution in [0.3, 0.4) is 0 Å². The highest BCUT2D eigenvalue weighted by Gasteiger charge is 2.35. The Balaban J connectivity index is 2.43. The molecule has 1 heterocycles. The van der Waals surface area contributed by atoms with Crippen molar-refractivity contribution in [1.29, 1.82) is 0 Å². The van der Waals surface area contributed by atoms with E-state index in [0.29, 0.717) is 0 Å². The Morgan fingerprint density at radius 1 is 1.29 bits per heavy atom. The minimum Gasteiger partial charge on any atom is -0.462 e. The summed E-state index contributed by atoms with van der Waals surface area (Å²) in [5, 5.41) is 9.17. The third-order valence-electron chi connectivity index (χ3n) is 2.38. The second kappa shape index (κ2) is 3.99. The smallest absolute Gasteiger partial charge is 0.338 e. The van der Waals surface area contributed by atoms with E-state index in [9.17, 15) is 14.4 Å². The summed E-state index contributed by atoms with van der Waals surface area (Å²) in [5.74, 6) is -2.21. The molecule has 0 fully saturated rings. The Bertz CT molecular complexity index is 523. The van der Waals surface area contributed by atoms with Gasteiger partial charge in [0.15, 0.2) is 0 Å². The van der Waals surface area contributed by atoms with Gasteiger partial charge < -0.3 is 4.74 Å². The van der Waals surface area contributed by atoms with Gasteiger partial charge in [-0.3, -0.25) is 14.8 Å². The number of imide groups is 1. The Hall–Kier alpha value is -2.21. The summed E-state index contributed by atoms with van der Waals surface area (Å²) in [6.45, 7) is 1.88. The minimum atomic E-state index is -0.837. The lowest BCUT2D eigenvalue weighted by atomic mass is 10.1. The van der Waals surface area contributed by atoms with Crippen LogP contribution in [0.2, 0.25) is 0 Å². The molecule has 2 rings (SSSR count). The van der Waals surface area contributed by atoms with Crippen molar-refractivity contribution in [2.24, 2.45) is 0 Å². The van der Waals surface area contributed by atoms with Gasteiger partial charge in [-0.1, -0.05) is 0 Å². The fourth-order valence-corrected chi connectivity index (χ4v) is 1.57. The number of hydrogen-bond acceptors (Lipinski definition) is 5. The Morgan fingerprint density at radius 3 is 2.59 bits per heavy atom. The molecule has 0 saturated heterocycles. The number of amides is 2. The van der Waals surface area contributed by atoms with E-state index in [0.717, 1.165) is 0 Å². The number of esters is 1. The molecule has 0 aliphatic carbocycles. The highest BCUT2D eigenvalue weighted by Crippen LogP contribution is 2.22. The SMILES string of the molecule is CCOC(=O)c1ccc2c(c1)C(=O)N(O)C2=O. The zero-order chi connectivity index (χ0) is 12.6. The zero-order valence-electron chi connectivity index (χ0n) is 8.97. The van der Waals surface area contributed by atoms with Crippen molar-refractivity contribution in [3.8, 4) is 0 Å². The Labute approximate surface area is 96.4 Å². The lowest BCUT2D eigenvalue weighted by molar-refractivity contribution is -0.0327. The van der Waals surface area contributed by atoms with E-state index in [-0.39, 0.29) is 28.4 Å². The number of rotatable bonds is 2. The number of hydroxylamine groups is 2. The molecule has 6 nitrogen and oxygen atoms in total. The third kappa shape index (κ3) is 1.68. The number of ether oxygens (including phenoxy) is 1. The van der Waals surface area contributed by atoms with Gasteiger partial charge in [0, 0.05) is 0 Å². The predicted octanol–water partition coefficient (Wildman–Crippen LogP) is 0.849.